The molecule has 0 amide bonds. The van der Waals surface area contributed by atoms with E-state index in [0.29, 0.717) is 5.92 Å². The van der Waals surface area contributed by atoms with Crippen LogP contribution in [-0.4, -0.2) is 0 Å². The molecule has 0 spiro atoms. The first kappa shape index (κ1) is 7.39. The molecule has 0 nitrogen and oxygen atoms in total. The molecule has 0 saturated heterocycles. The number of allylic oxidation sites excluding steroid dienone is 7. The molecule has 1 atom stereocenters. The van der Waals surface area contributed by atoms with Gasteiger partial charge in [0.2, 0.25) is 0 Å². The van der Waals surface area contributed by atoms with Crippen molar-refractivity contribution in [2.24, 2.45) is 5.92 Å². The average Bonchev–Trinajstić information content (AvgIpc) is 2.17. The Morgan fingerprint density at radius 2 is 2.33 bits per heavy atom. The van der Waals surface area contributed by atoms with Gasteiger partial charge in [-0.15, -0.1) is 5.73 Å². The molecule has 0 heterocycles. The molecule has 2 aliphatic carbocycles. The zero-order chi connectivity index (χ0) is 8.39. The van der Waals surface area contributed by atoms with E-state index < -0.39 is 0 Å². The number of fused-ring (bicyclic) bond motifs is 1. The summed E-state index contributed by atoms with van der Waals surface area (Å²) in [6.45, 7) is 2.20. The molecule has 0 N–H and O–H groups in total. The van der Waals surface area contributed by atoms with Crippen LogP contribution < -0.4 is 0 Å². The zero-order valence-electron chi connectivity index (χ0n) is 7.25. The molecule has 60 valence electrons. The molecule has 0 heteroatoms. The summed E-state index contributed by atoms with van der Waals surface area (Å²) in [5, 5.41) is 0. The van der Waals surface area contributed by atoms with E-state index in [1.165, 1.54) is 11.1 Å². The lowest BCUT2D eigenvalue weighted by Gasteiger charge is -2.19. The molecule has 0 aromatic carbocycles. The predicted molar refractivity (Wildman–Crippen MR) is 51.7 cm³/mol. The first-order valence-corrected chi connectivity index (χ1v) is 4.42. The van der Waals surface area contributed by atoms with Crippen LogP contribution in [0.1, 0.15) is 13.3 Å². The zero-order valence-corrected chi connectivity index (χ0v) is 7.25. The molecule has 0 fully saturated rings. The van der Waals surface area contributed by atoms with Crippen LogP contribution >= 0.6 is 0 Å². The summed E-state index contributed by atoms with van der Waals surface area (Å²) in [5.74, 6) is 0.505. The minimum atomic E-state index is 0.505. The van der Waals surface area contributed by atoms with Gasteiger partial charge in [0, 0.05) is 11.5 Å². The quantitative estimate of drug-likeness (QED) is 0.511. The Labute approximate surface area is 73.3 Å². The number of hydrogen-bond acceptors (Lipinski definition) is 0. The monoisotopic (exact) mass is 156 g/mol. The van der Waals surface area contributed by atoms with Gasteiger partial charge in [-0.1, -0.05) is 42.9 Å². The van der Waals surface area contributed by atoms with Crippen LogP contribution in [0.25, 0.3) is 0 Å². The van der Waals surface area contributed by atoms with Crippen molar-refractivity contribution in [3.63, 3.8) is 0 Å². The Hall–Kier alpha value is -1.26. The molecule has 12 heavy (non-hydrogen) atoms. The second-order valence-corrected chi connectivity index (χ2v) is 3.08. The maximum atomic E-state index is 3.26. The largest absolute Gasteiger partial charge is 0.116 e. The Bertz CT molecular complexity index is 331. The maximum absolute atomic E-state index is 3.26. The van der Waals surface area contributed by atoms with Crippen molar-refractivity contribution in [2.45, 2.75) is 13.3 Å². The highest BCUT2D eigenvalue weighted by Gasteiger charge is 2.15. The van der Waals surface area contributed by atoms with Crippen molar-refractivity contribution in [1.29, 1.82) is 0 Å². The summed E-state index contributed by atoms with van der Waals surface area (Å²) in [6, 6.07) is 0. The molecule has 0 bridgehead atoms. The summed E-state index contributed by atoms with van der Waals surface area (Å²) >= 11 is 0. The van der Waals surface area contributed by atoms with Crippen molar-refractivity contribution < 1.29 is 0 Å². The SMILES string of the molecule is CCC1=CC=C=C2C=CC=CC21. The minimum Gasteiger partial charge on any atom is -0.116 e. The third-order valence-electron chi connectivity index (χ3n) is 2.38. The van der Waals surface area contributed by atoms with Crippen LogP contribution in [0.2, 0.25) is 0 Å². The molecule has 0 radical (unpaired) electrons. The normalized spacial score (nSPS) is 24.9. The van der Waals surface area contributed by atoms with E-state index in [1.54, 1.807) is 0 Å². The van der Waals surface area contributed by atoms with Crippen molar-refractivity contribution in [3.05, 3.63) is 53.3 Å². The van der Waals surface area contributed by atoms with Crippen LogP contribution in [0.3, 0.4) is 0 Å². The third-order valence-corrected chi connectivity index (χ3v) is 2.38. The lowest BCUT2D eigenvalue weighted by atomic mass is 9.84. The molecule has 0 saturated carbocycles. The van der Waals surface area contributed by atoms with Gasteiger partial charge in [-0.05, 0) is 12.5 Å². The van der Waals surface area contributed by atoms with E-state index >= 15 is 0 Å². The topological polar surface area (TPSA) is 0 Å². The Morgan fingerprint density at radius 3 is 3.17 bits per heavy atom. The first-order chi connectivity index (χ1) is 5.92. The highest BCUT2D eigenvalue weighted by atomic mass is 14.2. The van der Waals surface area contributed by atoms with Crippen LogP contribution in [0.4, 0.5) is 0 Å². The van der Waals surface area contributed by atoms with Crippen molar-refractivity contribution in [1.82, 2.24) is 0 Å². The lowest BCUT2D eigenvalue weighted by Crippen LogP contribution is -2.06. The Kier molecular flexibility index (Phi) is 1.85. The summed E-state index contributed by atoms with van der Waals surface area (Å²) in [4.78, 5) is 0. The summed E-state index contributed by atoms with van der Waals surface area (Å²) in [6.07, 6.45) is 13.9. The standard InChI is InChI=1S/C12H12/c1-2-10-7-5-8-11-6-3-4-9-12(10)11/h3-7,9,12H,2H2,1H3. The summed E-state index contributed by atoms with van der Waals surface area (Å²) in [7, 11) is 0. The fraction of sp³-hybridized carbons (Fsp3) is 0.250. The van der Waals surface area contributed by atoms with E-state index in [1.807, 2.05) is 6.08 Å². The highest BCUT2D eigenvalue weighted by Crippen LogP contribution is 2.29. The minimum absolute atomic E-state index is 0.505. The molecule has 2 rings (SSSR count). The summed E-state index contributed by atoms with van der Waals surface area (Å²) in [5.41, 5.74) is 6.06. The van der Waals surface area contributed by atoms with Crippen molar-refractivity contribution in [3.8, 4) is 0 Å². The van der Waals surface area contributed by atoms with E-state index in [4.69, 9.17) is 0 Å². The van der Waals surface area contributed by atoms with E-state index in [-0.39, 0.29) is 0 Å². The Balaban J connectivity index is 2.41. The number of hydrogen-bond donors (Lipinski definition) is 0. The van der Waals surface area contributed by atoms with Crippen LogP contribution in [-0.2, 0) is 0 Å². The van der Waals surface area contributed by atoms with E-state index in [0.717, 1.165) is 6.42 Å². The van der Waals surface area contributed by atoms with Gasteiger partial charge in [0.05, 0.1) is 0 Å². The third kappa shape index (κ3) is 1.11. The molecule has 1 unspecified atom stereocenters. The molecule has 0 aromatic heterocycles. The Morgan fingerprint density at radius 1 is 1.42 bits per heavy atom. The highest BCUT2D eigenvalue weighted by molar-refractivity contribution is 5.43. The van der Waals surface area contributed by atoms with Gasteiger partial charge in [-0.2, -0.15) is 0 Å². The lowest BCUT2D eigenvalue weighted by molar-refractivity contribution is 0.845. The van der Waals surface area contributed by atoms with Gasteiger partial charge in [0.15, 0.2) is 0 Å². The average molecular weight is 156 g/mol. The fourth-order valence-corrected chi connectivity index (χ4v) is 1.69. The van der Waals surface area contributed by atoms with Crippen molar-refractivity contribution >= 4 is 0 Å². The molecular formula is C12H12. The molecule has 0 aliphatic heterocycles. The molecule has 2 aliphatic rings. The van der Waals surface area contributed by atoms with Gasteiger partial charge < -0.3 is 0 Å². The van der Waals surface area contributed by atoms with Crippen LogP contribution in [0.5, 0.6) is 0 Å². The maximum Gasteiger partial charge on any atom is 0.0308 e. The van der Waals surface area contributed by atoms with Crippen LogP contribution in [0, 0.1) is 5.92 Å². The molecular weight excluding hydrogens is 144 g/mol. The fourth-order valence-electron chi connectivity index (χ4n) is 1.69. The van der Waals surface area contributed by atoms with Gasteiger partial charge in [-0.3, -0.25) is 0 Å². The van der Waals surface area contributed by atoms with Gasteiger partial charge >= 0.3 is 0 Å². The second-order valence-electron chi connectivity index (χ2n) is 3.08. The first-order valence-electron chi connectivity index (χ1n) is 4.42. The summed E-state index contributed by atoms with van der Waals surface area (Å²) < 4.78 is 0. The predicted octanol–water partition coefficient (Wildman–Crippen LogP) is 3.16. The van der Waals surface area contributed by atoms with Crippen LogP contribution in [0.15, 0.2) is 53.3 Å². The van der Waals surface area contributed by atoms with E-state index in [2.05, 4.69) is 43.0 Å². The smallest absolute Gasteiger partial charge is 0.0308 e. The number of rotatable bonds is 1. The van der Waals surface area contributed by atoms with Gasteiger partial charge in [0.1, 0.15) is 0 Å². The van der Waals surface area contributed by atoms with E-state index in [9.17, 15) is 0 Å². The van der Waals surface area contributed by atoms with Gasteiger partial charge in [0.25, 0.3) is 0 Å². The second kappa shape index (κ2) is 3.00. The van der Waals surface area contributed by atoms with Crippen molar-refractivity contribution in [2.75, 3.05) is 0 Å². The van der Waals surface area contributed by atoms with Gasteiger partial charge in [-0.25, -0.2) is 0 Å². The molecule has 0 aromatic rings.